The van der Waals surface area contributed by atoms with Crippen LogP contribution in [0.2, 0.25) is 0 Å². The molecule has 2 fully saturated rings. The fourth-order valence-corrected chi connectivity index (χ4v) is 6.40. The lowest BCUT2D eigenvalue weighted by atomic mass is 10.1. The van der Waals surface area contributed by atoms with Gasteiger partial charge in [-0.05, 0) is 39.7 Å². The van der Waals surface area contributed by atoms with Gasteiger partial charge >= 0.3 is 0 Å². The van der Waals surface area contributed by atoms with Crippen molar-refractivity contribution in [1.29, 1.82) is 0 Å². The minimum absolute atomic E-state index is 0.0924. The molecule has 1 saturated carbocycles. The van der Waals surface area contributed by atoms with Crippen molar-refractivity contribution >= 4 is 32.6 Å². The molecule has 1 aliphatic carbocycles. The van der Waals surface area contributed by atoms with Crippen LogP contribution < -0.4 is 14.9 Å². The maximum atomic E-state index is 13.3. The van der Waals surface area contributed by atoms with E-state index in [2.05, 4.69) is 44.0 Å². The number of nitrogens with zero attached hydrogens (tertiary/aromatic N) is 5. The van der Waals surface area contributed by atoms with Crippen molar-refractivity contribution in [3.8, 4) is 10.8 Å². The second-order valence-corrected chi connectivity index (χ2v) is 11.9. The zero-order valence-electron chi connectivity index (χ0n) is 18.4. The van der Waals surface area contributed by atoms with E-state index in [1.165, 1.54) is 6.20 Å². The highest BCUT2D eigenvalue weighted by molar-refractivity contribution is 7.89. The zero-order chi connectivity index (χ0) is 23.5. The zero-order valence-corrected chi connectivity index (χ0v) is 20.1. The molecule has 0 radical (unpaired) electrons. The minimum atomic E-state index is -3.81. The molecule has 0 unspecified atom stereocenters. The Morgan fingerprint density at radius 2 is 1.94 bits per heavy atom. The summed E-state index contributed by atoms with van der Waals surface area (Å²) in [6, 6.07) is 2.08. The molecular weight excluding hydrogens is 472 g/mol. The molecule has 2 atom stereocenters. The van der Waals surface area contributed by atoms with Gasteiger partial charge in [0.1, 0.15) is 4.90 Å². The van der Waals surface area contributed by atoms with Gasteiger partial charge in [-0.25, -0.2) is 26.9 Å². The van der Waals surface area contributed by atoms with Crippen molar-refractivity contribution in [2.24, 2.45) is 0 Å². The second kappa shape index (κ2) is 7.93. The number of hydrogen-bond acceptors (Lipinski definition) is 8. The summed E-state index contributed by atoms with van der Waals surface area (Å²) in [5, 5.41) is 10.7. The number of imidazole rings is 1. The molecule has 0 spiro atoms. The second-order valence-electron chi connectivity index (χ2n) is 9.18. The molecule has 4 heterocycles. The number of alkyl halides is 2. The van der Waals surface area contributed by atoms with E-state index in [0.29, 0.717) is 18.6 Å². The molecule has 3 aromatic rings. The number of nitrogens with one attached hydrogen (secondary N) is 2. The van der Waals surface area contributed by atoms with Crippen LogP contribution in [0.3, 0.4) is 0 Å². The number of piperazine rings is 1. The standard InChI is InChI=1S/C20H25F2N7O2S2/c1-11-8-28(9-12(2)24-11)14-6-13(33(30,31)27-20(3)4-5-20)10-29-15(14)7-23-17(29)19-26-25-18(32-19)16(21)22/h6-7,10-12,16,24,27H,4-5,8-9H2,1-3H3/t11-,12+. The van der Waals surface area contributed by atoms with Crippen LogP contribution in [0.25, 0.3) is 16.3 Å². The van der Waals surface area contributed by atoms with Gasteiger partial charge in [-0.15, -0.1) is 10.2 Å². The molecule has 178 valence electrons. The molecule has 5 rings (SSSR count). The smallest absolute Gasteiger partial charge is 0.291 e. The number of anilines is 1. The highest BCUT2D eigenvalue weighted by Gasteiger charge is 2.41. The van der Waals surface area contributed by atoms with E-state index in [1.807, 2.05) is 6.92 Å². The summed E-state index contributed by atoms with van der Waals surface area (Å²) in [5.74, 6) is 0.279. The fraction of sp³-hybridized carbons (Fsp3) is 0.550. The molecule has 9 nitrogen and oxygen atoms in total. The summed E-state index contributed by atoms with van der Waals surface area (Å²) in [6.45, 7) is 7.39. The third kappa shape index (κ3) is 4.34. The van der Waals surface area contributed by atoms with E-state index in [9.17, 15) is 17.2 Å². The Kier molecular flexibility index (Phi) is 5.42. The van der Waals surface area contributed by atoms with Gasteiger partial charge in [0.05, 0.1) is 17.4 Å². The quantitative estimate of drug-likeness (QED) is 0.540. The first-order valence-corrected chi connectivity index (χ1v) is 13.0. The summed E-state index contributed by atoms with van der Waals surface area (Å²) in [6.07, 6.45) is 1.93. The molecule has 0 amide bonds. The number of hydrogen-bond donors (Lipinski definition) is 2. The van der Waals surface area contributed by atoms with Crippen molar-refractivity contribution in [2.45, 2.75) is 62.6 Å². The molecule has 1 saturated heterocycles. The van der Waals surface area contributed by atoms with Crippen LogP contribution in [0, 0.1) is 0 Å². The predicted octanol–water partition coefficient (Wildman–Crippen LogP) is 2.81. The van der Waals surface area contributed by atoms with Gasteiger partial charge in [0.2, 0.25) is 10.0 Å². The van der Waals surface area contributed by atoms with Gasteiger partial charge in [0.15, 0.2) is 15.8 Å². The monoisotopic (exact) mass is 497 g/mol. The number of aromatic nitrogens is 4. The Morgan fingerprint density at radius 3 is 2.55 bits per heavy atom. The molecule has 0 bridgehead atoms. The van der Waals surface area contributed by atoms with Crippen LogP contribution in [0.1, 0.15) is 45.0 Å². The summed E-state index contributed by atoms with van der Waals surface area (Å²) >= 11 is 0.745. The topological polar surface area (TPSA) is 105 Å². The lowest BCUT2D eigenvalue weighted by Gasteiger charge is -2.38. The first-order valence-electron chi connectivity index (χ1n) is 10.7. The largest absolute Gasteiger partial charge is 0.367 e. The minimum Gasteiger partial charge on any atom is -0.367 e. The van der Waals surface area contributed by atoms with Gasteiger partial charge < -0.3 is 10.2 Å². The average Bonchev–Trinajstić information content (AvgIpc) is 3.14. The molecule has 2 N–H and O–H groups in total. The van der Waals surface area contributed by atoms with Crippen molar-refractivity contribution in [2.75, 3.05) is 18.0 Å². The van der Waals surface area contributed by atoms with Crippen molar-refractivity contribution in [1.82, 2.24) is 29.6 Å². The molecular formula is C20H25F2N7O2S2. The Hall–Kier alpha value is -2.22. The highest BCUT2D eigenvalue weighted by atomic mass is 32.2. The summed E-state index contributed by atoms with van der Waals surface area (Å²) in [7, 11) is -3.81. The van der Waals surface area contributed by atoms with Crippen LogP contribution in [0.4, 0.5) is 14.5 Å². The van der Waals surface area contributed by atoms with Crippen molar-refractivity contribution < 1.29 is 17.2 Å². The van der Waals surface area contributed by atoms with E-state index < -0.39 is 27.0 Å². The number of pyridine rings is 1. The third-order valence-corrected chi connectivity index (χ3v) is 8.53. The number of rotatable bonds is 6. The number of fused-ring (bicyclic) bond motifs is 1. The molecule has 33 heavy (non-hydrogen) atoms. The number of halogens is 2. The van der Waals surface area contributed by atoms with Gasteiger partial charge in [-0.2, -0.15) is 0 Å². The SMILES string of the molecule is C[C@@H]1CN(c2cc(S(=O)(=O)NC3(C)CC3)cn3c(-c4nnc(C(F)F)s4)ncc23)C[C@H](C)N1. The van der Waals surface area contributed by atoms with E-state index in [0.717, 1.165) is 29.9 Å². The van der Waals surface area contributed by atoms with E-state index in [1.54, 1.807) is 16.7 Å². The average molecular weight is 498 g/mol. The van der Waals surface area contributed by atoms with E-state index >= 15 is 0 Å². The van der Waals surface area contributed by atoms with Gasteiger partial charge in [-0.3, -0.25) is 4.40 Å². The van der Waals surface area contributed by atoms with Crippen LogP contribution in [0.15, 0.2) is 23.4 Å². The Bertz CT molecular complexity index is 1290. The third-order valence-electron chi connectivity index (χ3n) is 6.00. The summed E-state index contributed by atoms with van der Waals surface area (Å²) in [4.78, 5) is 6.64. The van der Waals surface area contributed by atoms with Gasteiger partial charge in [0, 0.05) is 36.9 Å². The lowest BCUT2D eigenvalue weighted by molar-refractivity contribution is 0.150. The van der Waals surface area contributed by atoms with Gasteiger partial charge in [0.25, 0.3) is 6.43 Å². The molecule has 0 aromatic carbocycles. The molecule has 13 heteroatoms. The van der Waals surface area contributed by atoms with Crippen LogP contribution in [-0.4, -0.2) is 58.7 Å². The fourth-order valence-electron chi connectivity index (χ4n) is 4.22. The van der Waals surface area contributed by atoms with E-state index in [-0.39, 0.29) is 27.8 Å². The number of sulfonamides is 1. The van der Waals surface area contributed by atoms with Crippen molar-refractivity contribution in [3.05, 3.63) is 23.5 Å². The first kappa shape index (κ1) is 22.6. The van der Waals surface area contributed by atoms with Crippen LogP contribution >= 0.6 is 11.3 Å². The molecule has 3 aromatic heterocycles. The van der Waals surface area contributed by atoms with Crippen LogP contribution in [-0.2, 0) is 10.0 Å². The summed E-state index contributed by atoms with van der Waals surface area (Å²) < 4.78 is 57.1. The Morgan fingerprint density at radius 1 is 1.24 bits per heavy atom. The summed E-state index contributed by atoms with van der Waals surface area (Å²) in [5.41, 5.74) is 0.961. The van der Waals surface area contributed by atoms with E-state index in [4.69, 9.17) is 0 Å². The van der Waals surface area contributed by atoms with Gasteiger partial charge in [-0.1, -0.05) is 11.3 Å². The first-order chi connectivity index (χ1) is 15.5. The highest BCUT2D eigenvalue weighted by Crippen LogP contribution is 2.37. The van der Waals surface area contributed by atoms with Crippen molar-refractivity contribution in [3.63, 3.8) is 0 Å². The molecule has 1 aliphatic heterocycles. The Balaban J connectivity index is 1.67. The predicted molar refractivity (Wildman–Crippen MR) is 121 cm³/mol. The maximum absolute atomic E-state index is 13.3. The molecule has 2 aliphatic rings. The Labute approximate surface area is 194 Å². The normalized spacial score (nSPS) is 22.9. The van der Waals surface area contributed by atoms with Crippen LogP contribution in [0.5, 0.6) is 0 Å². The lowest BCUT2D eigenvalue weighted by Crippen LogP contribution is -2.54. The maximum Gasteiger partial charge on any atom is 0.291 e.